The molecule has 0 unspecified atom stereocenters. The maximum atomic E-state index is 12.9. The number of carbonyl (C=O) groups excluding carboxylic acids is 1. The van der Waals surface area contributed by atoms with Crippen molar-refractivity contribution in [1.82, 2.24) is 5.32 Å². The minimum Gasteiger partial charge on any atom is -0.493 e. The van der Waals surface area contributed by atoms with Crippen LogP contribution in [0.2, 0.25) is 0 Å². The van der Waals surface area contributed by atoms with E-state index in [0.29, 0.717) is 16.7 Å². The highest BCUT2D eigenvalue weighted by molar-refractivity contribution is 5.97. The molecule has 1 heterocycles. The molecule has 0 aliphatic rings. The van der Waals surface area contributed by atoms with Gasteiger partial charge < -0.3 is 14.5 Å². The molecule has 3 rings (SSSR count). The second kappa shape index (κ2) is 7.46. The molecule has 0 aliphatic heterocycles. The zero-order valence-electron chi connectivity index (χ0n) is 14.2. The molecule has 0 fully saturated rings. The standard InChI is InChI=1S/C20H14F3NO3/c1-26-16-10-4-7-14-12-17(27-18(14)16)19(25)24-11-5-8-13-6-2-3-9-15(13)20(21,22)23/h2-4,6-7,9-10,12H,11H2,1H3,(H,24,25). The van der Waals surface area contributed by atoms with E-state index >= 15 is 0 Å². The fourth-order valence-electron chi connectivity index (χ4n) is 2.50. The molecule has 1 amide bonds. The number of amides is 1. The van der Waals surface area contributed by atoms with Crippen molar-refractivity contribution >= 4 is 16.9 Å². The molecule has 0 atom stereocenters. The maximum absolute atomic E-state index is 12.9. The number of halogens is 3. The van der Waals surface area contributed by atoms with E-state index in [1.165, 1.54) is 25.3 Å². The first-order valence-corrected chi connectivity index (χ1v) is 7.90. The van der Waals surface area contributed by atoms with Gasteiger partial charge >= 0.3 is 6.18 Å². The highest BCUT2D eigenvalue weighted by atomic mass is 19.4. The molecule has 4 nitrogen and oxygen atoms in total. The number of nitrogens with one attached hydrogen (secondary N) is 1. The Labute approximate surface area is 152 Å². The first-order chi connectivity index (χ1) is 12.9. The number of carbonyl (C=O) groups is 1. The van der Waals surface area contributed by atoms with Crippen LogP contribution >= 0.6 is 0 Å². The van der Waals surface area contributed by atoms with Gasteiger partial charge in [-0.15, -0.1) is 0 Å². The van der Waals surface area contributed by atoms with Crippen molar-refractivity contribution in [2.45, 2.75) is 6.18 Å². The first kappa shape index (κ1) is 18.4. The summed E-state index contributed by atoms with van der Waals surface area (Å²) in [5.74, 6) is 4.99. The van der Waals surface area contributed by atoms with Gasteiger partial charge in [0.05, 0.1) is 19.2 Å². The van der Waals surface area contributed by atoms with E-state index in [2.05, 4.69) is 17.2 Å². The molecule has 0 saturated heterocycles. The molecule has 0 bridgehead atoms. The van der Waals surface area contributed by atoms with E-state index in [1.807, 2.05) is 0 Å². The number of rotatable bonds is 3. The Balaban J connectivity index is 1.71. The van der Waals surface area contributed by atoms with Crippen LogP contribution < -0.4 is 10.1 Å². The lowest BCUT2D eigenvalue weighted by Crippen LogP contribution is -2.23. The lowest BCUT2D eigenvalue weighted by molar-refractivity contribution is -0.137. The van der Waals surface area contributed by atoms with E-state index in [9.17, 15) is 18.0 Å². The van der Waals surface area contributed by atoms with Gasteiger partial charge in [-0.25, -0.2) is 0 Å². The van der Waals surface area contributed by atoms with Crippen LogP contribution in [0.5, 0.6) is 5.75 Å². The zero-order chi connectivity index (χ0) is 19.4. The molecule has 7 heteroatoms. The average Bonchev–Trinajstić information content (AvgIpc) is 3.09. The topological polar surface area (TPSA) is 51.5 Å². The number of hydrogen-bond acceptors (Lipinski definition) is 3. The van der Waals surface area contributed by atoms with Crippen LogP contribution in [-0.4, -0.2) is 19.6 Å². The van der Waals surface area contributed by atoms with E-state index in [0.717, 1.165) is 6.07 Å². The highest BCUT2D eigenvalue weighted by Gasteiger charge is 2.32. The third-order valence-electron chi connectivity index (χ3n) is 3.74. The molecule has 0 spiro atoms. The van der Waals surface area contributed by atoms with Gasteiger partial charge in [-0.05, 0) is 24.3 Å². The summed E-state index contributed by atoms with van der Waals surface area (Å²) < 4.78 is 49.4. The average molecular weight is 373 g/mol. The van der Waals surface area contributed by atoms with Crippen molar-refractivity contribution < 1.29 is 27.1 Å². The lowest BCUT2D eigenvalue weighted by atomic mass is 10.1. The minimum absolute atomic E-state index is 0.0620. The van der Waals surface area contributed by atoms with Crippen LogP contribution in [0.4, 0.5) is 13.2 Å². The second-order valence-electron chi connectivity index (χ2n) is 5.52. The molecular formula is C20H14F3NO3. The third kappa shape index (κ3) is 4.06. The largest absolute Gasteiger partial charge is 0.493 e. The predicted octanol–water partition coefficient (Wildman–Crippen LogP) is 4.24. The van der Waals surface area contributed by atoms with E-state index in [1.54, 1.807) is 24.3 Å². The predicted molar refractivity (Wildman–Crippen MR) is 93.4 cm³/mol. The number of furan rings is 1. The molecule has 27 heavy (non-hydrogen) atoms. The monoisotopic (exact) mass is 373 g/mol. The smallest absolute Gasteiger partial charge is 0.417 e. The number of hydrogen-bond donors (Lipinski definition) is 1. The summed E-state index contributed by atoms with van der Waals surface area (Å²) in [6.07, 6.45) is -4.48. The quantitative estimate of drug-likeness (QED) is 0.699. The van der Waals surface area contributed by atoms with Crippen molar-refractivity contribution in [3.8, 4) is 17.6 Å². The van der Waals surface area contributed by atoms with Crippen molar-refractivity contribution in [2.75, 3.05) is 13.7 Å². The van der Waals surface area contributed by atoms with Gasteiger partial charge in [-0.3, -0.25) is 4.79 Å². The summed E-state index contributed by atoms with van der Waals surface area (Å²) in [5, 5.41) is 3.20. The van der Waals surface area contributed by atoms with Crippen LogP contribution in [0.1, 0.15) is 21.7 Å². The fourth-order valence-corrected chi connectivity index (χ4v) is 2.50. The van der Waals surface area contributed by atoms with Gasteiger partial charge in [-0.2, -0.15) is 13.2 Å². The van der Waals surface area contributed by atoms with Crippen molar-refractivity contribution in [2.24, 2.45) is 0 Å². The number of methoxy groups -OCH3 is 1. The molecule has 0 aliphatic carbocycles. The minimum atomic E-state index is -4.48. The van der Waals surface area contributed by atoms with Crippen molar-refractivity contribution in [3.63, 3.8) is 0 Å². The van der Waals surface area contributed by atoms with E-state index in [-0.39, 0.29) is 17.9 Å². The Kier molecular flexibility index (Phi) is 5.08. The van der Waals surface area contributed by atoms with Crippen LogP contribution in [0.3, 0.4) is 0 Å². The molecule has 1 aromatic heterocycles. The van der Waals surface area contributed by atoms with E-state index in [4.69, 9.17) is 9.15 Å². The molecule has 138 valence electrons. The molecule has 0 radical (unpaired) electrons. The first-order valence-electron chi connectivity index (χ1n) is 7.90. The molecular weight excluding hydrogens is 359 g/mol. The van der Waals surface area contributed by atoms with Gasteiger partial charge in [0.1, 0.15) is 0 Å². The second-order valence-corrected chi connectivity index (χ2v) is 5.52. The Morgan fingerprint density at radius 3 is 2.70 bits per heavy atom. The Hall–Kier alpha value is -3.40. The number of ether oxygens (including phenoxy) is 1. The van der Waals surface area contributed by atoms with E-state index < -0.39 is 17.6 Å². The summed E-state index contributed by atoms with van der Waals surface area (Å²) >= 11 is 0. The van der Waals surface area contributed by atoms with Crippen LogP contribution in [0.25, 0.3) is 11.0 Å². The van der Waals surface area contributed by atoms with Crippen molar-refractivity contribution in [1.29, 1.82) is 0 Å². The molecule has 1 N–H and O–H groups in total. The van der Waals surface area contributed by atoms with Gasteiger partial charge in [-0.1, -0.05) is 36.1 Å². The lowest BCUT2D eigenvalue weighted by Gasteiger charge is -2.08. The Morgan fingerprint density at radius 1 is 1.19 bits per heavy atom. The fraction of sp³-hybridized carbons (Fsp3) is 0.150. The van der Waals surface area contributed by atoms with Gasteiger partial charge in [0.2, 0.25) is 0 Å². The van der Waals surface area contributed by atoms with Crippen LogP contribution in [-0.2, 0) is 6.18 Å². The Bertz CT molecular complexity index is 1040. The third-order valence-corrected chi connectivity index (χ3v) is 3.74. The van der Waals surface area contributed by atoms with Gasteiger partial charge in [0.25, 0.3) is 5.91 Å². The Morgan fingerprint density at radius 2 is 1.96 bits per heavy atom. The molecule has 3 aromatic rings. The summed E-state index contributed by atoms with van der Waals surface area (Å²) in [5.41, 5.74) is -0.517. The van der Waals surface area contributed by atoms with Gasteiger partial charge in [0.15, 0.2) is 17.1 Å². The van der Waals surface area contributed by atoms with Gasteiger partial charge in [0, 0.05) is 10.9 Å². The SMILES string of the molecule is COc1cccc2cc(C(=O)NCC#Cc3ccccc3C(F)(F)F)oc12. The zero-order valence-corrected chi connectivity index (χ0v) is 14.2. The van der Waals surface area contributed by atoms with Crippen LogP contribution in [0.15, 0.2) is 52.9 Å². The number of alkyl halides is 3. The van der Waals surface area contributed by atoms with Crippen LogP contribution in [0, 0.1) is 11.8 Å². The highest BCUT2D eigenvalue weighted by Crippen LogP contribution is 2.31. The summed E-state index contributed by atoms with van der Waals surface area (Å²) in [6.45, 7) is -0.126. The summed E-state index contributed by atoms with van der Waals surface area (Å²) in [7, 11) is 1.49. The number of benzene rings is 2. The normalized spacial score (nSPS) is 11.0. The summed E-state index contributed by atoms with van der Waals surface area (Å²) in [4.78, 5) is 12.2. The number of para-hydroxylation sites is 1. The summed E-state index contributed by atoms with van der Waals surface area (Å²) in [6, 6.07) is 11.8. The number of fused-ring (bicyclic) bond motifs is 1. The molecule has 0 saturated carbocycles. The maximum Gasteiger partial charge on any atom is 0.417 e. The van der Waals surface area contributed by atoms with Crippen molar-refractivity contribution in [3.05, 3.63) is 65.4 Å². The molecule has 2 aromatic carbocycles.